The number of benzene rings is 1. The summed E-state index contributed by atoms with van der Waals surface area (Å²) in [5.74, 6) is 1.04. The summed E-state index contributed by atoms with van der Waals surface area (Å²) in [6, 6.07) is 10.4. The number of Topliss-reactive ketones (excluding diaryl/α,β-unsaturated/α-hetero) is 1. The van der Waals surface area contributed by atoms with Gasteiger partial charge in [0.2, 0.25) is 0 Å². The number of hydrogen-bond donors (Lipinski definition) is 0. The van der Waals surface area contributed by atoms with Crippen LogP contribution in [0, 0.1) is 5.41 Å². The van der Waals surface area contributed by atoms with Crippen LogP contribution in [-0.4, -0.2) is 10.8 Å². The van der Waals surface area contributed by atoms with E-state index in [-0.39, 0.29) is 11.2 Å². The first-order valence-electron chi connectivity index (χ1n) is 10.3. The summed E-state index contributed by atoms with van der Waals surface area (Å²) in [6.07, 6.45) is 13.3. The maximum absolute atomic E-state index is 12.6. The second kappa shape index (κ2) is 7.40. The predicted molar refractivity (Wildman–Crippen MR) is 121 cm³/mol. The summed E-state index contributed by atoms with van der Waals surface area (Å²) in [5, 5.41) is 0.816. The van der Waals surface area contributed by atoms with Gasteiger partial charge in [-0.15, -0.1) is 0 Å². The van der Waals surface area contributed by atoms with E-state index in [1.807, 2.05) is 23.4 Å². The van der Waals surface area contributed by atoms with Crippen molar-refractivity contribution >= 4 is 27.8 Å². The summed E-state index contributed by atoms with van der Waals surface area (Å²) in [5.41, 5.74) is 4.47. The molecule has 0 atom stereocenters. The van der Waals surface area contributed by atoms with Gasteiger partial charge in [0.05, 0.1) is 16.8 Å². The molecule has 0 saturated heterocycles. The number of ether oxygens (including phenoxy) is 1. The lowest BCUT2D eigenvalue weighted by atomic mass is 9.78. The van der Waals surface area contributed by atoms with E-state index in [0.29, 0.717) is 6.42 Å². The number of ketones is 1. The van der Waals surface area contributed by atoms with Crippen LogP contribution in [-0.2, 0) is 11.2 Å². The highest BCUT2D eigenvalue weighted by Crippen LogP contribution is 2.40. The van der Waals surface area contributed by atoms with Crippen molar-refractivity contribution in [2.24, 2.45) is 5.41 Å². The lowest BCUT2D eigenvalue weighted by Crippen LogP contribution is -2.26. The van der Waals surface area contributed by atoms with Crippen molar-refractivity contribution in [1.82, 2.24) is 4.98 Å². The number of anilines is 1. The van der Waals surface area contributed by atoms with Gasteiger partial charge < -0.3 is 4.74 Å². The number of nitrogens with zero attached hydrogens (tertiary/aromatic N) is 2. The Morgan fingerprint density at radius 2 is 2.00 bits per heavy atom. The number of aromatic nitrogens is 1. The van der Waals surface area contributed by atoms with Crippen LogP contribution < -0.4 is 4.90 Å². The standard InChI is InChI=1S/C25H24N2O2S/c1-25(2)14-20-23(21(28)15-25)30-24(26-20)27-12-13-29-22(16-27)19-11-7-6-10-18(19)17-8-4-3-5-9-17/h3-6,8-10,12-13,16H,7,11,14-15H2,1-2H3. The van der Waals surface area contributed by atoms with Crippen molar-refractivity contribution in [2.75, 3.05) is 4.90 Å². The van der Waals surface area contributed by atoms with Crippen molar-refractivity contribution < 1.29 is 9.53 Å². The number of carbonyl (C=O) groups excluding carboxylic acids is 1. The predicted octanol–water partition coefficient (Wildman–Crippen LogP) is 6.25. The summed E-state index contributed by atoms with van der Waals surface area (Å²) in [7, 11) is 0. The smallest absolute Gasteiger partial charge is 0.194 e. The summed E-state index contributed by atoms with van der Waals surface area (Å²) in [6.45, 7) is 4.27. The van der Waals surface area contributed by atoms with Gasteiger partial charge in [0.15, 0.2) is 10.9 Å². The molecule has 0 radical (unpaired) electrons. The van der Waals surface area contributed by atoms with Gasteiger partial charge in [-0.1, -0.05) is 67.7 Å². The van der Waals surface area contributed by atoms with Gasteiger partial charge in [0, 0.05) is 18.2 Å². The molecule has 5 heteroatoms. The fourth-order valence-corrected chi connectivity index (χ4v) is 5.24. The zero-order chi connectivity index (χ0) is 20.7. The fraction of sp³-hybridized carbons (Fsp3) is 0.280. The maximum Gasteiger partial charge on any atom is 0.194 e. The number of hydrogen-bond acceptors (Lipinski definition) is 5. The number of thiazole rings is 1. The molecule has 4 nitrogen and oxygen atoms in total. The molecular weight excluding hydrogens is 392 g/mol. The lowest BCUT2D eigenvalue weighted by Gasteiger charge is -2.26. The van der Waals surface area contributed by atoms with E-state index in [0.717, 1.165) is 40.7 Å². The van der Waals surface area contributed by atoms with Crippen LogP contribution in [0.1, 0.15) is 54.0 Å². The van der Waals surface area contributed by atoms with E-state index in [1.54, 1.807) is 6.26 Å². The number of fused-ring (bicyclic) bond motifs is 1. The summed E-state index contributed by atoms with van der Waals surface area (Å²) in [4.78, 5) is 20.2. The third-order valence-corrected chi connectivity index (χ3v) is 6.82. The summed E-state index contributed by atoms with van der Waals surface area (Å²) < 4.78 is 5.93. The van der Waals surface area contributed by atoms with Crippen molar-refractivity contribution in [2.45, 2.75) is 39.5 Å². The van der Waals surface area contributed by atoms with Crippen molar-refractivity contribution in [1.29, 1.82) is 0 Å². The number of rotatable bonds is 3. The lowest BCUT2D eigenvalue weighted by molar-refractivity contribution is 0.0916. The van der Waals surface area contributed by atoms with Crippen LogP contribution in [0.25, 0.3) is 5.57 Å². The molecule has 2 heterocycles. The van der Waals surface area contributed by atoms with Crippen LogP contribution in [0.4, 0.5) is 5.13 Å². The molecule has 2 aromatic rings. The normalized spacial score (nSPS) is 20.1. The topological polar surface area (TPSA) is 42.4 Å². The van der Waals surface area contributed by atoms with E-state index in [9.17, 15) is 4.79 Å². The third-order valence-electron chi connectivity index (χ3n) is 5.67. The highest BCUT2D eigenvalue weighted by Gasteiger charge is 2.34. The second-order valence-electron chi connectivity index (χ2n) is 8.72. The minimum absolute atomic E-state index is 0.0267. The van der Waals surface area contributed by atoms with Crippen LogP contribution in [0.3, 0.4) is 0 Å². The zero-order valence-corrected chi connectivity index (χ0v) is 18.0. The number of carbonyl (C=O) groups is 1. The van der Waals surface area contributed by atoms with Gasteiger partial charge >= 0.3 is 0 Å². The highest BCUT2D eigenvalue weighted by molar-refractivity contribution is 7.17. The van der Waals surface area contributed by atoms with E-state index in [2.05, 4.69) is 50.3 Å². The molecule has 0 unspecified atom stereocenters. The summed E-state index contributed by atoms with van der Waals surface area (Å²) >= 11 is 1.48. The van der Waals surface area contributed by atoms with Gasteiger partial charge in [-0.2, -0.15) is 0 Å². The van der Waals surface area contributed by atoms with Crippen LogP contribution in [0.15, 0.2) is 72.5 Å². The average molecular weight is 417 g/mol. The Labute approximate surface area is 180 Å². The first-order chi connectivity index (χ1) is 14.5. The molecule has 1 aromatic heterocycles. The molecule has 30 heavy (non-hydrogen) atoms. The van der Waals surface area contributed by atoms with Gasteiger partial charge in [0.25, 0.3) is 0 Å². The Morgan fingerprint density at radius 1 is 1.17 bits per heavy atom. The molecule has 5 rings (SSSR count). The Kier molecular flexibility index (Phi) is 4.70. The van der Waals surface area contributed by atoms with Gasteiger partial charge in [-0.25, -0.2) is 4.98 Å². The van der Waals surface area contributed by atoms with Crippen LogP contribution in [0.5, 0.6) is 0 Å². The molecule has 3 aliphatic rings. The molecule has 152 valence electrons. The molecule has 0 saturated carbocycles. The van der Waals surface area contributed by atoms with Crippen molar-refractivity contribution in [3.05, 3.63) is 88.6 Å². The molecule has 0 N–H and O–H groups in total. The molecule has 2 aliphatic carbocycles. The monoisotopic (exact) mass is 416 g/mol. The Bertz CT molecular complexity index is 1120. The first-order valence-corrected chi connectivity index (χ1v) is 11.1. The fourth-order valence-electron chi connectivity index (χ4n) is 4.26. The molecule has 0 bridgehead atoms. The zero-order valence-electron chi connectivity index (χ0n) is 17.2. The van der Waals surface area contributed by atoms with Gasteiger partial charge in [0.1, 0.15) is 12.0 Å². The Hall–Kier alpha value is -2.92. The largest absolute Gasteiger partial charge is 0.462 e. The van der Waals surface area contributed by atoms with Crippen LogP contribution in [0.2, 0.25) is 0 Å². The molecule has 0 spiro atoms. The molecular formula is C25H24N2O2S. The molecule has 0 fully saturated rings. The quantitative estimate of drug-likeness (QED) is 0.593. The highest BCUT2D eigenvalue weighted by atomic mass is 32.1. The Balaban J connectivity index is 1.51. The molecule has 1 aliphatic heterocycles. The van der Waals surface area contributed by atoms with Crippen molar-refractivity contribution in [3.63, 3.8) is 0 Å². The van der Waals surface area contributed by atoms with E-state index >= 15 is 0 Å². The van der Waals surface area contributed by atoms with E-state index < -0.39 is 0 Å². The molecule has 0 amide bonds. The SMILES string of the molecule is CC1(C)CC(=O)c2sc(N3C=COC(C4=C(c5ccccc5)C=CCC4)=C3)nc2C1. The van der Waals surface area contributed by atoms with E-state index in [4.69, 9.17) is 9.72 Å². The van der Waals surface area contributed by atoms with Crippen molar-refractivity contribution in [3.8, 4) is 0 Å². The first kappa shape index (κ1) is 19.1. The second-order valence-corrected chi connectivity index (χ2v) is 9.69. The third kappa shape index (κ3) is 3.54. The van der Waals surface area contributed by atoms with Crippen LogP contribution >= 0.6 is 11.3 Å². The van der Waals surface area contributed by atoms with Gasteiger partial charge in [-0.05, 0) is 35.8 Å². The van der Waals surface area contributed by atoms with E-state index in [1.165, 1.54) is 28.0 Å². The minimum atomic E-state index is -0.0267. The minimum Gasteiger partial charge on any atom is -0.462 e. The molecule has 1 aromatic carbocycles. The average Bonchev–Trinajstić information content (AvgIpc) is 3.18. The van der Waals surface area contributed by atoms with Gasteiger partial charge in [-0.3, -0.25) is 9.69 Å². The maximum atomic E-state index is 12.6. The number of allylic oxidation sites excluding steroid dienone is 4. The Morgan fingerprint density at radius 3 is 2.83 bits per heavy atom.